The lowest BCUT2D eigenvalue weighted by molar-refractivity contribution is 0.313. The number of thiophene rings is 1. The SMILES string of the molecule is Cc1cc(S(=O)(=O)NC(C(N)=NO)C(C)C)sc1Cl. The minimum atomic E-state index is -3.75. The van der Waals surface area contributed by atoms with Crippen LogP contribution in [0.5, 0.6) is 0 Å². The summed E-state index contributed by atoms with van der Waals surface area (Å²) in [4.78, 5) is 0. The molecule has 19 heavy (non-hydrogen) atoms. The predicted octanol–water partition coefficient (Wildman–Crippen LogP) is 1.76. The third-order valence-corrected chi connectivity index (χ3v) is 5.95. The second-order valence-corrected chi connectivity index (χ2v) is 7.99. The highest BCUT2D eigenvalue weighted by Crippen LogP contribution is 2.30. The van der Waals surface area contributed by atoms with Crippen LogP contribution in [-0.4, -0.2) is 25.5 Å². The highest BCUT2D eigenvalue weighted by atomic mass is 35.5. The van der Waals surface area contributed by atoms with Crippen molar-refractivity contribution in [2.45, 2.75) is 31.0 Å². The van der Waals surface area contributed by atoms with E-state index in [1.807, 2.05) is 0 Å². The van der Waals surface area contributed by atoms with Crippen molar-refractivity contribution in [1.29, 1.82) is 0 Å². The van der Waals surface area contributed by atoms with Gasteiger partial charge in [-0.2, -0.15) is 4.72 Å². The van der Waals surface area contributed by atoms with Crippen LogP contribution in [0, 0.1) is 12.8 Å². The number of rotatable bonds is 5. The van der Waals surface area contributed by atoms with E-state index in [0.29, 0.717) is 9.90 Å². The van der Waals surface area contributed by atoms with E-state index in [4.69, 9.17) is 22.5 Å². The first kappa shape index (κ1) is 16.2. The number of halogens is 1. The minimum absolute atomic E-state index is 0.103. The maximum atomic E-state index is 12.2. The molecule has 108 valence electrons. The molecule has 9 heteroatoms. The van der Waals surface area contributed by atoms with E-state index in [-0.39, 0.29) is 16.0 Å². The molecule has 1 aromatic rings. The van der Waals surface area contributed by atoms with Crippen molar-refractivity contribution in [2.75, 3.05) is 0 Å². The van der Waals surface area contributed by atoms with Gasteiger partial charge in [0.1, 0.15) is 4.21 Å². The molecule has 0 fully saturated rings. The standard InChI is InChI=1S/C10H16ClN3O3S2/c1-5(2)8(10(12)13-15)14-19(16,17)7-4-6(3)9(11)18-7/h4-5,8,14-15H,1-3H3,(H2,12,13). The molecule has 0 aliphatic carbocycles. The van der Waals surface area contributed by atoms with Crippen molar-refractivity contribution in [1.82, 2.24) is 4.72 Å². The number of nitrogens with two attached hydrogens (primary N) is 1. The number of nitrogens with one attached hydrogen (secondary N) is 1. The summed E-state index contributed by atoms with van der Waals surface area (Å²) in [5.41, 5.74) is 6.18. The van der Waals surface area contributed by atoms with Gasteiger partial charge in [0.25, 0.3) is 10.0 Å². The minimum Gasteiger partial charge on any atom is -0.409 e. The average molecular weight is 326 g/mol. The summed E-state index contributed by atoms with van der Waals surface area (Å²) >= 11 is 6.83. The highest BCUT2D eigenvalue weighted by Gasteiger charge is 2.27. The van der Waals surface area contributed by atoms with E-state index in [2.05, 4.69) is 9.88 Å². The largest absolute Gasteiger partial charge is 0.409 e. The molecule has 1 atom stereocenters. The van der Waals surface area contributed by atoms with Crippen LogP contribution in [-0.2, 0) is 10.0 Å². The fraction of sp³-hybridized carbons (Fsp3) is 0.500. The molecule has 0 bridgehead atoms. The molecule has 0 radical (unpaired) electrons. The van der Waals surface area contributed by atoms with Gasteiger partial charge in [-0.3, -0.25) is 0 Å². The topological polar surface area (TPSA) is 105 Å². The Morgan fingerprint density at radius 3 is 2.53 bits per heavy atom. The molecule has 0 aliphatic heterocycles. The molecular formula is C10H16ClN3O3S2. The van der Waals surface area contributed by atoms with Crippen molar-refractivity contribution >= 4 is 38.8 Å². The second kappa shape index (κ2) is 6.08. The van der Waals surface area contributed by atoms with Crippen molar-refractivity contribution in [3.05, 3.63) is 16.0 Å². The summed E-state index contributed by atoms with van der Waals surface area (Å²) in [6.07, 6.45) is 0. The van der Waals surface area contributed by atoms with E-state index in [1.165, 1.54) is 6.07 Å². The third-order valence-electron chi connectivity index (χ3n) is 2.48. The van der Waals surface area contributed by atoms with Gasteiger partial charge in [0.2, 0.25) is 0 Å². The summed E-state index contributed by atoms with van der Waals surface area (Å²) in [5.74, 6) is -0.347. The lowest BCUT2D eigenvalue weighted by Gasteiger charge is -2.20. The Hall–Kier alpha value is -0.830. The molecule has 1 unspecified atom stereocenters. The molecule has 0 aromatic carbocycles. The van der Waals surface area contributed by atoms with Crippen LogP contribution in [0.2, 0.25) is 4.34 Å². The summed E-state index contributed by atoms with van der Waals surface area (Å²) in [5, 5.41) is 11.5. The monoisotopic (exact) mass is 325 g/mol. The van der Waals surface area contributed by atoms with E-state index < -0.39 is 16.1 Å². The first-order chi connectivity index (χ1) is 8.69. The highest BCUT2D eigenvalue weighted by molar-refractivity contribution is 7.91. The lowest BCUT2D eigenvalue weighted by Crippen LogP contribution is -2.47. The Labute approximate surface area is 121 Å². The number of nitrogens with zero attached hydrogens (tertiary/aromatic N) is 1. The summed E-state index contributed by atoms with van der Waals surface area (Å²) in [7, 11) is -3.75. The zero-order valence-electron chi connectivity index (χ0n) is 10.7. The van der Waals surface area contributed by atoms with E-state index in [0.717, 1.165) is 11.3 Å². The molecule has 1 rings (SSSR count). The Morgan fingerprint density at radius 1 is 1.58 bits per heavy atom. The number of oxime groups is 1. The Morgan fingerprint density at radius 2 is 2.16 bits per heavy atom. The molecule has 0 saturated carbocycles. The molecule has 6 nitrogen and oxygen atoms in total. The van der Waals surface area contributed by atoms with Crippen LogP contribution < -0.4 is 10.5 Å². The van der Waals surface area contributed by atoms with Gasteiger partial charge in [0.15, 0.2) is 5.84 Å². The third kappa shape index (κ3) is 3.82. The first-order valence-corrected chi connectivity index (χ1v) is 8.12. The van der Waals surface area contributed by atoms with Gasteiger partial charge in [-0.1, -0.05) is 30.6 Å². The van der Waals surface area contributed by atoms with Gasteiger partial charge in [-0.15, -0.1) is 11.3 Å². The van der Waals surface area contributed by atoms with E-state index in [1.54, 1.807) is 20.8 Å². The normalized spacial score (nSPS) is 14.9. The lowest BCUT2D eigenvalue weighted by atomic mass is 10.1. The summed E-state index contributed by atoms with van der Waals surface area (Å²) in [6, 6.07) is 0.704. The zero-order valence-corrected chi connectivity index (χ0v) is 13.1. The van der Waals surface area contributed by atoms with Gasteiger partial charge in [0.05, 0.1) is 10.4 Å². The molecule has 0 aliphatic rings. The second-order valence-electron chi connectivity index (χ2n) is 4.39. The van der Waals surface area contributed by atoms with Crippen LogP contribution in [0.3, 0.4) is 0 Å². The molecule has 0 saturated heterocycles. The number of aryl methyl sites for hydroxylation is 1. The Bertz CT molecular complexity index is 561. The average Bonchev–Trinajstić information content (AvgIpc) is 2.66. The van der Waals surface area contributed by atoms with Crippen molar-refractivity contribution < 1.29 is 13.6 Å². The maximum absolute atomic E-state index is 12.2. The van der Waals surface area contributed by atoms with Gasteiger partial charge in [-0.25, -0.2) is 8.42 Å². The number of sulfonamides is 1. The maximum Gasteiger partial charge on any atom is 0.250 e. The molecule has 0 spiro atoms. The van der Waals surface area contributed by atoms with E-state index in [9.17, 15) is 8.42 Å². The van der Waals surface area contributed by atoms with Crippen LogP contribution in [0.25, 0.3) is 0 Å². The molecule has 1 aromatic heterocycles. The quantitative estimate of drug-likeness (QED) is 0.332. The zero-order chi connectivity index (χ0) is 14.8. The van der Waals surface area contributed by atoms with Crippen LogP contribution in [0.1, 0.15) is 19.4 Å². The van der Waals surface area contributed by atoms with Crippen molar-refractivity contribution in [3.8, 4) is 0 Å². The van der Waals surface area contributed by atoms with Crippen LogP contribution in [0.15, 0.2) is 15.4 Å². The van der Waals surface area contributed by atoms with Crippen LogP contribution >= 0.6 is 22.9 Å². The Balaban J connectivity index is 3.07. The van der Waals surface area contributed by atoms with E-state index >= 15 is 0 Å². The van der Waals surface area contributed by atoms with Gasteiger partial charge < -0.3 is 10.9 Å². The van der Waals surface area contributed by atoms with Gasteiger partial charge in [-0.05, 0) is 24.5 Å². The van der Waals surface area contributed by atoms with Crippen molar-refractivity contribution in [2.24, 2.45) is 16.8 Å². The molecular weight excluding hydrogens is 310 g/mol. The van der Waals surface area contributed by atoms with Gasteiger partial charge in [0, 0.05) is 0 Å². The fourth-order valence-electron chi connectivity index (χ4n) is 1.39. The number of amidine groups is 1. The first-order valence-electron chi connectivity index (χ1n) is 5.44. The van der Waals surface area contributed by atoms with Crippen molar-refractivity contribution in [3.63, 3.8) is 0 Å². The molecule has 1 heterocycles. The fourth-order valence-corrected chi connectivity index (χ4v) is 4.47. The van der Waals surface area contributed by atoms with Gasteiger partial charge >= 0.3 is 0 Å². The predicted molar refractivity (Wildman–Crippen MR) is 76.4 cm³/mol. The summed E-state index contributed by atoms with van der Waals surface area (Å²) in [6.45, 7) is 5.25. The molecule has 4 N–H and O–H groups in total. The summed E-state index contributed by atoms with van der Waals surface area (Å²) < 4.78 is 27.3. The number of hydrogen-bond donors (Lipinski definition) is 3. The smallest absolute Gasteiger partial charge is 0.250 e. The Kier molecular flexibility index (Phi) is 5.19. The molecule has 0 amide bonds. The van der Waals surface area contributed by atoms with Crippen LogP contribution in [0.4, 0.5) is 0 Å². The number of hydrogen-bond acceptors (Lipinski definition) is 5.